The van der Waals surface area contributed by atoms with E-state index in [-0.39, 0.29) is 17.8 Å². The van der Waals surface area contributed by atoms with E-state index >= 15 is 0 Å². The highest BCUT2D eigenvalue weighted by Gasteiger charge is 2.33. The average molecular weight is 445 g/mol. The summed E-state index contributed by atoms with van der Waals surface area (Å²) in [5, 5.41) is 10.7. The van der Waals surface area contributed by atoms with Crippen LogP contribution in [0.25, 0.3) is 0 Å². The highest BCUT2D eigenvalue weighted by Crippen LogP contribution is 2.37. The first kappa shape index (κ1) is 25.9. The van der Waals surface area contributed by atoms with Crippen LogP contribution in [0.2, 0.25) is 0 Å². The molecule has 0 radical (unpaired) electrons. The molecule has 0 saturated carbocycles. The van der Waals surface area contributed by atoms with Gasteiger partial charge in [0.15, 0.2) is 0 Å². The summed E-state index contributed by atoms with van der Waals surface area (Å²) < 4.78 is 9.93. The number of hydrogen-bond acceptors (Lipinski definition) is 7. The molecule has 1 aliphatic rings. The maximum absolute atomic E-state index is 12.6. The van der Waals surface area contributed by atoms with Crippen molar-refractivity contribution in [3.05, 3.63) is 11.1 Å². The van der Waals surface area contributed by atoms with Crippen LogP contribution < -0.4 is 16.0 Å². The van der Waals surface area contributed by atoms with Gasteiger partial charge in [-0.05, 0) is 45.4 Å². The molecule has 0 aliphatic carbocycles. The molecule has 9 nitrogen and oxygen atoms in total. The lowest BCUT2D eigenvalue weighted by Crippen LogP contribution is -2.49. The van der Waals surface area contributed by atoms with Crippen LogP contribution in [-0.2, 0) is 14.3 Å². The number of alkyl carbamates (subject to hydrolysis) is 1. The van der Waals surface area contributed by atoms with Gasteiger partial charge in [0.1, 0.15) is 11.6 Å². The molecule has 172 valence electrons. The van der Waals surface area contributed by atoms with Crippen LogP contribution in [0.4, 0.5) is 9.59 Å². The smallest absolute Gasteiger partial charge is 0.407 e. The Hall–Kier alpha value is -2.10. The number of carbonyl (C=O) groups excluding carboxylic acids is 3. The van der Waals surface area contributed by atoms with Gasteiger partial charge in [0.05, 0.1) is 18.5 Å². The Kier molecular flexibility index (Phi) is 9.33. The van der Waals surface area contributed by atoms with E-state index in [9.17, 15) is 14.4 Å². The van der Waals surface area contributed by atoms with Crippen LogP contribution in [0.15, 0.2) is 11.1 Å². The molecule has 30 heavy (non-hydrogen) atoms. The predicted molar refractivity (Wildman–Crippen MR) is 118 cm³/mol. The number of amides is 3. The number of nitrogens with one attached hydrogen (secondary N) is 3. The van der Waals surface area contributed by atoms with Gasteiger partial charge in [-0.15, -0.1) is 11.8 Å². The van der Waals surface area contributed by atoms with Gasteiger partial charge in [-0.3, -0.25) is 0 Å². The van der Waals surface area contributed by atoms with Gasteiger partial charge in [0.25, 0.3) is 0 Å². The van der Waals surface area contributed by atoms with E-state index in [2.05, 4.69) is 36.7 Å². The van der Waals surface area contributed by atoms with Gasteiger partial charge in [0, 0.05) is 19.3 Å². The molecule has 0 bridgehead atoms. The molecule has 0 aromatic rings. The van der Waals surface area contributed by atoms with Crippen molar-refractivity contribution < 1.29 is 23.9 Å². The molecule has 0 fully saturated rings. The second-order valence-electron chi connectivity index (χ2n) is 8.75. The summed E-state index contributed by atoms with van der Waals surface area (Å²) in [6.07, 6.45) is -0.409. The molecule has 3 N–H and O–H groups in total. The van der Waals surface area contributed by atoms with E-state index in [1.54, 1.807) is 39.6 Å². The number of thioether (sulfide) groups is 1. The quantitative estimate of drug-likeness (QED) is 0.494. The van der Waals surface area contributed by atoms with Crippen molar-refractivity contribution in [1.29, 1.82) is 0 Å². The molecular formula is C20H36N4O5S. The second kappa shape index (κ2) is 10.8. The molecule has 1 heterocycles. The van der Waals surface area contributed by atoms with Gasteiger partial charge in [0.2, 0.25) is 0 Å². The zero-order chi connectivity index (χ0) is 23.1. The van der Waals surface area contributed by atoms with Crippen LogP contribution in [0.5, 0.6) is 0 Å². The van der Waals surface area contributed by atoms with E-state index in [1.165, 1.54) is 12.0 Å². The highest BCUT2D eigenvalue weighted by molar-refractivity contribution is 8.03. The van der Waals surface area contributed by atoms with Gasteiger partial charge >= 0.3 is 18.1 Å². The van der Waals surface area contributed by atoms with Crippen molar-refractivity contribution >= 4 is 29.9 Å². The lowest BCUT2D eigenvalue weighted by molar-refractivity contribution is -0.143. The maximum atomic E-state index is 12.6. The van der Waals surface area contributed by atoms with Gasteiger partial charge in [-0.1, -0.05) is 13.8 Å². The Balaban J connectivity index is 2.56. The first-order valence-electron chi connectivity index (χ1n) is 9.98. The van der Waals surface area contributed by atoms with Crippen LogP contribution in [-0.4, -0.2) is 66.8 Å². The van der Waals surface area contributed by atoms with E-state index in [1.807, 2.05) is 5.41 Å². The van der Waals surface area contributed by atoms with E-state index in [0.29, 0.717) is 12.5 Å². The van der Waals surface area contributed by atoms with E-state index < -0.39 is 29.7 Å². The number of urea groups is 1. The van der Waals surface area contributed by atoms with Crippen molar-refractivity contribution in [2.24, 2.45) is 5.92 Å². The molecule has 0 saturated heterocycles. The van der Waals surface area contributed by atoms with Crippen LogP contribution in [0.3, 0.4) is 0 Å². The zero-order valence-corrected chi connectivity index (χ0v) is 20.1. The molecule has 1 aliphatic heterocycles. The van der Waals surface area contributed by atoms with Crippen LogP contribution in [0.1, 0.15) is 48.0 Å². The Morgan fingerprint density at radius 3 is 2.43 bits per heavy atom. The largest absolute Gasteiger partial charge is 0.467 e. The summed E-state index contributed by atoms with van der Waals surface area (Å²) in [6.45, 7) is 12.2. The Morgan fingerprint density at radius 2 is 1.93 bits per heavy atom. The molecule has 2 atom stereocenters. The van der Waals surface area contributed by atoms with Gasteiger partial charge in [-0.2, -0.15) is 0 Å². The number of nitrogens with zero attached hydrogens (tertiary/aromatic N) is 1. The summed E-state index contributed by atoms with van der Waals surface area (Å²) in [5.74, 6) is -0.166. The number of rotatable bonds is 8. The topological polar surface area (TPSA) is 109 Å². The van der Waals surface area contributed by atoms with Crippen LogP contribution in [0, 0.1) is 5.92 Å². The Morgan fingerprint density at radius 1 is 1.30 bits per heavy atom. The van der Waals surface area contributed by atoms with Crippen molar-refractivity contribution in [3.63, 3.8) is 0 Å². The van der Waals surface area contributed by atoms with Gasteiger partial charge < -0.3 is 30.3 Å². The maximum Gasteiger partial charge on any atom is 0.407 e. The number of methoxy groups -OCH3 is 1. The van der Waals surface area contributed by atoms with Crippen molar-refractivity contribution in [2.45, 2.75) is 64.5 Å². The third-order valence-corrected chi connectivity index (χ3v) is 6.06. The summed E-state index contributed by atoms with van der Waals surface area (Å²) in [5.41, 5.74) is 0.324. The molecule has 1 rings (SSSR count). The predicted octanol–water partition coefficient (Wildman–Crippen LogP) is 2.63. The normalized spacial score (nSPS) is 19.4. The monoisotopic (exact) mass is 444 g/mol. The van der Waals surface area contributed by atoms with Crippen molar-refractivity contribution in [1.82, 2.24) is 20.9 Å². The summed E-state index contributed by atoms with van der Waals surface area (Å²) in [7, 11) is 2.91. The fraction of sp³-hybridized carbons (Fsp3) is 0.750. The minimum atomic E-state index is -0.888. The Labute approximate surface area is 183 Å². The molecular weight excluding hydrogens is 408 g/mol. The first-order chi connectivity index (χ1) is 13.8. The lowest BCUT2D eigenvalue weighted by Gasteiger charge is -2.30. The lowest BCUT2D eigenvalue weighted by atomic mass is 10.1. The fourth-order valence-electron chi connectivity index (χ4n) is 2.54. The summed E-state index contributed by atoms with van der Waals surface area (Å²) in [4.78, 5) is 37.8. The number of carbonyl (C=O) groups is 3. The van der Waals surface area contributed by atoms with E-state index in [4.69, 9.17) is 9.47 Å². The number of likely N-dealkylation sites (N-methyl/N-ethyl adjacent to an activating group) is 1. The number of esters is 1. The highest BCUT2D eigenvalue weighted by atomic mass is 32.2. The minimum Gasteiger partial charge on any atom is -0.467 e. The second-order valence-corrected chi connectivity index (χ2v) is 10.1. The molecule has 3 amide bonds. The van der Waals surface area contributed by atoms with Crippen LogP contribution >= 0.6 is 11.8 Å². The van der Waals surface area contributed by atoms with Gasteiger partial charge in [-0.25, -0.2) is 14.4 Å². The SMILES string of the molecule is COC(=O)[C@H](CCNC(=O)OC(C)(C)C)NC(=O)N(C)CC1=CS[C@](C)(C(C)C)N1. The molecule has 0 spiro atoms. The summed E-state index contributed by atoms with van der Waals surface area (Å²) >= 11 is 1.70. The molecule has 0 aromatic carbocycles. The third kappa shape index (κ3) is 8.33. The zero-order valence-electron chi connectivity index (χ0n) is 19.3. The minimum absolute atomic E-state index is 0.103. The molecule has 0 unspecified atom stereocenters. The first-order valence-corrected chi connectivity index (χ1v) is 10.9. The standard InChI is InChI=1S/C20H36N4O5S/c1-13(2)20(6)23-14(12-30-20)11-24(7)17(26)22-15(16(25)28-8)9-10-21-18(27)29-19(3,4)5/h12-13,15,23H,9-11H2,1-8H3,(H,21,27)(H,22,26)/t15-,20+/m0/s1. The number of ether oxygens (including phenoxy) is 2. The van der Waals surface area contributed by atoms with Crippen molar-refractivity contribution in [3.8, 4) is 0 Å². The molecule has 0 aromatic heterocycles. The number of hydrogen-bond donors (Lipinski definition) is 3. The molecule has 10 heteroatoms. The summed E-state index contributed by atoms with van der Waals surface area (Å²) in [6, 6.07) is -1.30. The fourth-order valence-corrected chi connectivity index (χ4v) is 3.52. The van der Waals surface area contributed by atoms with E-state index in [0.717, 1.165) is 5.70 Å². The third-order valence-electron chi connectivity index (χ3n) is 4.60. The Bertz CT molecular complexity index is 662. The van der Waals surface area contributed by atoms with Crippen molar-refractivity contribution in [2.75, 3.05) is 27.2 Å². The average Bonchev–Trinajstić information content (AvgIpc) is 3.00.